The van der Waals surface area contributed by atoms with Crippen molar-refractivity contribution in [1.82, 2.24) is 20.1 Å². The third-order valence-corrected chi connectivity index (χ3v) is 3.69. The van der Waals surface area contributed by atoms with Gasteiger partial charge in [-0.1, -0.05) is 31.5 Å². The molecule has 0 radical (unpaired) electrons. The van der Waals surface area contributed by atoms with E-state index in [1.54, 1.807) is 12.4 Å². The molecule has 5 heteroatoms. The Morgan fingerprint density at radius 1 is 1.29 bits per heavy atom. The van der Waals surface area contributed by atoms with Crippen LogP contribution in [0.5, 0.6) is 0 Å². The minimum Gasteiger partial charge on any atom is -0.308 e. The van der Waals surface area contributed by atoms with E-state index in [1.165, 1.54) is 5.56 Å². The maximum Gasteiger partial charge on any atom is 0.0834 e. The summed E-state index contributed by atoms with van der Waals surface area (Å²) in [7, 11) is 0. The molecule has 1 unspecified atom stereocenters. The summed E-state index contributed by atoms with van der Waals surface area (Å²) in [5, 5.41) is 8.73. The first-order valence-electron chi connectivity index (χ1n) is 7.59. The quantitative estimate of drug-likeness (QED) is 0.810. The van der Waals surface area contributed by atoms with Gasteiger partial charge in [-0.05, 0) is 37.4 Å². The summed E-state index contributed by atoms with van der Waals surface area (Å²) in [6, 6.07) is 4.23. The number of aryl methyl sites for hydroxylation is 1. The lowest BCUT2D eigenvalue weighted by Gasteiger charge is -2.20. The molecule has 0 saturated heterocycles. The molecule has 114 valence electrons. The predicted molar refractivity (Wildman–Crippen MR) is 86.5 cm³/mol. The number of hydrogen-bond acceptors (Lipinski definition) is 3. The smallest absolute Gasteiger partial charge is 0.0834 e. The summed E-state index contributed by atoms with van der Waals surface area (Å²) in [6.07, 6.45) is 8.45. The third kappa shape index (κ3) is 4.29. The van der Waals surface area contributed by atoms with Gasteiger partial charge in [0.1, 0.15) is 0 Å². The van der Waals surface area contributed by atoms with Crippen molar-refractivity contribution in [2.75, 3.05) is 6.54 Å². The van der Waals surface area contributed by atoms with Gasteiger partial charge in [0.15, 0.2) is 0 Å². The normalized spacial score (nSPS) is 12.5. The maximum atomic E-state index is 6.38. The van der Waals surface area contributed by atoms with Gasteiger partial charge in [0, 0.05) is 18.9 Å². The molecule has 0 saturated carbocycles. The summed E-state index contributed by atoms with van der Waals surface area (Å²) in [6.45, 7) is 6.16. The highest BCUT2D eigenvalue weighted by Gasteiger charge is 2.20. The lowest BCUT2D eigenvalue weighted by Crippen LogP contribution is -2.27. The number of aromatic nitrogens is 3. The third-order valence-electron chi connectivity index (χ3n) is 3.40. The Labute approximate surface area is 131 Å². The monoisotopic (exact) mass is 306 g/mol. The van der Waals surface area contributed by atoms with E-state index in [1.807, 2.05) is 16.9 Å². The lowest BCUT2D eigenvalue weighted by molar-refractivity contribution is 0.468. The molecule has 1 atom stereocenters. The van der Waals surface area contributed by atoms with E-state index in [0.29, 0.717) is 0 Å². The van der Waals surface area contributed by atoms with Gasteiger partial charge >= 0.3 is 0 Å². The number of halogens is 1. The standard InChI is InChI=1S/C16H23ClN4/c1-3-7-19-15(10-13-6-5-8-18-11-13)16-14(17)12-20-21(16)9-4-2/h5-6,8,11-12,15,19H,3-4,7,9-10H2,1-2H3. The van der Waals surface area contributed by atoms with Crippen molar-refractivity contribution in [3.63, 3.8) is 0 Å². The van der Waals surface area contributed by atoms with E-state index in [9.17, 15) is 0 Å². The zero-order chi connectivity index (χ0) is 15.1. The van der Waals surface area contributed by atoms with Crippen LogP contribution in [0.15, 0.2) is 30.7 Å². The van der Waals surface area contributed by atoms with E-state index >= 15 is 0 Å². The fraction of sp³-hybridized carbons (Fsp3) is 0.500. The van der Waals surface area contributed by atoms with Gasteiger partial charge in [0.05, 0.1) is 23.0 Å². The van der Waals surface area contributed by atoms with Crippen LogP contribution in [0.4, 0.5) is 0 Å². The number of nitrogens with zero attached hydrogens (tertiary/aromatic N) is 3. The molecular formula is C16H23ClN4. The van der Waals surface area contributed by atoms with Crippen molar-refractivity contribution in [3.05, 3.63) is 47.0 Å². The molecule has 0 fully saturated rings. The highest BCUT2D eigenvalue weighted by Crippen LogP contribution is 2.26. The topological polar surface area (TPSA) is 42.7 Å². The summed E-state index contributed by atoms with van der Waals surface area (Å²) in [4.78, 5) is 4.20. The van der Waals surface area contributed by atoms with Crippen LogP contribution in [0.25, 0.3) is 0 Å². The fourth-order valence-corrected chi connectivity index (χ4v) is 2.72. The minimum absolute atomic E-state index is 0.163. The molecule has 0 amide bonds. The van der Waals surface area contributed by atoms with Gasteiger partial charge in [-0.2, -0.15) is 5.10 Å². The lowest BCUT2D eigenvalue weighted by atomic mass is 10.0. The van der Waals surface area contributed by atoms with E-state index < -0.39 is 0 Å². The predicted octanol–water partition coefficient (Wildman–Crippen LogP) is 3.62. The van der Waals surface area contributed by atoms with Crippen molar-refractivity contribution in [2.24, 2.45) is 0 Å². The molecule has 4 nitrogen and oxygen atoms in total. The molecule has 2 aromatic heterocycles. The molecule has 2 aromatic rings. The van der Waals surface area contributed by atoms with Crippen LogP contribution in [-0.4, -0.2) is 21.3 Å². The van der Waals surface area contributed by atoms with Crippen LogP contribution in [0, 0.1) is 0 Å². The van der Waals surface area contributed by atoms with E-state index in [4.69, 9.17) is 11.6 Å². The highest BCUT2D eigenvalue weighted by molar-refractivity contribution is 6.31. The molecule has 2 rings (SSSR count). The second kappa shape index (κ2) is 8.15. The van der Waals surface area contributed by atoms with Crippen LogP contribution < -0.4 is 5.32 Å². The fourth-order valence-electron chi connectivity index (χ4n) is 2.45. The molecular weight excluding hydrogens is 284 g/mol. The molecule has 0 spiro atoms. The van der Waals surface area contributed by atoms with Gasteiger partial charge in [-0.25, -0.2) is 0 Å². The number of pyridine rings is 1. The van der Waals surface area contributed by atoms with Crippen LogP contribution in [0.1, 0.15) is 44.0 Å². The van der Waals surface area contributed by atoms with Crippen LogP contribution in [0.2, 0.25) is 5.02 Å². The first-order chi connectivity index (χ1) is 10.3. The Bertz CT molecular complexity index is 538. The minimum atomic E-state index is 0.163. The number of nitrogens with one attached hydrogen (secondary N) is 1. The Balaban J connectivity index is 2.25. The molecule has 0 aliphatic rings. The molecule has 0 bridgehead atoms. The van der Waals surface area contributed by atoms with Crippen molar-refractivity contribution >= 4 is 11.6 Å². The van der Waals surface area contributed by atoms with Crippen LogP contribution >= 0.6 is 11.6 Å². The number of hydrogen-bond donors (Lipinski definition) is 1. The summed E-state index contributed by atoms with van der Waals surface area (Å²) in [5.41, 5.74) is 2.28. The van der Waals surface area contributed by atoms with Crippen molar-refractivity contribution < 1.29 is 0 Å². The van der Waals surface area contributed by atoms with Crippen LogP contribution in [0.3, 0.4) is 0 Å². The zero-order valence-corrected chi connectivity index (χ0v) is 13.5. The van der Waals surface area contributed by atoms with Gasteiger partial charge < -0.3 is 5.32 Å². The summed E-state index contributed by atoms with van der Waals surface area (Å²) >= 11 is 6.38. The van der Waals surface area contributed by atoms with Crippen LogP contribution in [-0.2, 0) is 13.0 Å². The zero-order valence-electron chi connectivity index (χ0n) is 12.7. The summed E-state index contributed by atoms with van der Waals surface area (Å²) in [5.74, 6) is 0. The average Bonchev–Trinajstić information content (AvgIpc) is 2.86. The van der Waals surface area contributed by atoms with Gasteiger partial charge in [0.25, 0.3) is 0 Å². The van der Waals surface area contributed by atoms with Gasteiger partial charge in [-0.15, -0.1) is 0 Å². The molecule has 0 aliphatic heterocycles. The largest absolute Gasteiger partial charge is 0.308 e. The molecule has 2 heterocycles. The Morgan fingerprint density at radius 3 is 2.81 bits per heavy atom. The Morgan fingerprint density at radius 2 is 2.14 bits per heavy atom. The number of rotatable bonds is 8. The SMILES string of the molecule is CCCNC(Cc1cccnc1)c1c(Cl)cnn1CCC. The van der Waals surface area contributed by atoms with E-state index in [-0.39, 0.29) is 6.04 Å². The van der Waals surface area contributed by atoms with Crippen molar-refractivity contribution in [1.29, 1.82) is 0 Å². The Hall–Kier alpha value is -1.39. The van der Waals surface area contributed by atoms with Crippen molar-refractivity contribution in [2.45, 2.75) is 45.7 Å². The molecule has 21 heavy (non-hydrogen) atoms. The second-order valence-corrected chi connectivity index (χ2v) is 5.58. The molecule has 1 N–H and O–H groups in total. The average molecular weight is 307 g/mol. The maximum absolute atomic E-state index is 6.38. The van der Waals surface area contributed by atoms with Gasteiger partial charge in [-0.3, -0.25) is 9.67 Å². The van der Waals surface area contributed by atoms with Crippen molar-refractivity contribution in [3.8, 4) is 0 Å². The molecule has 0 aliphatic carbocycles. The first kappa shape index (κ1) is 16.0. The van der Waals surface area contributed by atoms with E-state index in [0.717, 1.165) is 43.1 Å². The van der Waals surface area contributed by atoms with Gasteiger partial charge in [0.2, 0.25) is 0 Å². The second-order valence-electron chi connectivity index (χ2n) is 5.17. The first-order valence-corrected chi connectivity index (χ1v) is 7.97. The van der Waals surface area contributed by atoms with E-state index in [2.05, 4.69) is 35.3 Å². The Kier molecular flexibility index (Phi) is 6.21. The summed E-state index contributed by atoms with van der Waals surface area (Å²) < 4.78 is 2.02. The highest BCUT2D eigenvalue weighted by atomic mass is 35.5. The molecule has 0 aromatic carbocycles.